The van der Waals surface area contributed by atoms with Crippen LogP contribution in [-0.2, 0) is 4.79 Å². The Morgan fingerprint density at radius 3 is 2.11 bits per heavy atom. The van der Waals surface area contributed by atoms with Gasteiger partial charge in [-0.15, -0.1) is 0 Å². The molecule has 0 unspecified atom stereocenters. The van der Waals surface area contributed by atoms with Gasteiger partial charge in [-0.05, 0) is 37.8 Å². The number of nitrogens with zero attached hydrogens (tertiary/aromatic N) is 3. The van der Waals surface area contributed by atoms with Crippen LogP contribution in [0.2, 0.25) is 0 Å². The van der Waals surface area contributed by atoms with Gasteiger partial charge in [-0.3, -0.25) is 4.79 Å². The summed E-state index contributed by atoms with van der Waals surface area (Å²) in [6, 6.07) is 6.15. The van der Waals surface area contributed by atoms with Crippen LogP contribution < -0.4 is 10.2 Å². The Bertz CT molecular complexity index is 778. The van der Waals surface area contributed by atoms with E-state index in [0.717, 1.165) is 34.2 Å². The van der Waals surface area contributed by atoms with Gasteiger partial charge in [0, 0.05) is 30.4 Å². The Morgan fingerprint density at radius 2 is 1.59 bits per heavy atom. The summed E-state index contributed by atoms with van der Waals surface area (Å²) in [5.41, 5.74) is 5.25. The fraction of sp³-hybridized carbons (Fsp3) is 0.500. The molecule has 27 heavy (non-hydrogen) atoms. The fourth-order valence-corrected chi connectivity index (χ4v) is 3.07. The zero-order valence-corrected chi connectivity index (χ0v) is 17.8. The average Bonchev–Trinajstić information content (AvgIpc) is 2.57. The molecular weight excluding hydrogens is 336 g/mol. The standard InChI is InChI=1S/C22H32N4O/c1-13(2)18-11-19(24-22(23-18)14(3)4)26(8)12-20(27)25-21-16(6)9-15(5)10-17(21)7/h9-11,13-14H,12H2,1-8H3,(H,25,27). The van der Waals surface area contributed by atoms with Crippen molar-refractivity contribution in [2.45, 2.75) is 60.3 Å². The van der Waals surface area contributed by atoms with Gasteiger partial charge >= 0.3 is 0 Å². The third kappa shape index (κ3) is 5.28. The predicted octanol–water partition coefficient (Wildman–Crippen LogP) is 4.72. The number of likely N-dealkylation sites (N-methyl/N-ethyl adjacent to an activating group) is 1. The topological polar surface area (TPSA) is 58.1 Å². The molecule has 5 nitrogen and oxygen atoms in total. The Balaban J connectivity index is 2.19. The maximum absolute atomic E-state index is 12.6. The van der Waals surface area contributed by atoms with Gasteiger partial charge in [0.15, 0.2) is 0 Å². The SMILES string of the molecule is Cc1cc(C)c(NC(=O)CN(C)c2cc(C(C)C)nc(C(C)C)n2)c(C)c1. The summed E-state index contributed by atoms with van der Waals surface area (Å²) in [6.07, 6.45) is 0. The minimum atomic E-state index is -0.0524. The number of anilines is 2. The van der Waals surface area contributed by atoms with Gasteiger partial charge in [-0.2, -0.15) is 0 Å². The Labute approximate surface area is 163 Å². The minimum Gasteiger partial charge on any atom is -0.350 e. The van der Waals surface area contributed by atoms with Gasteiger partial charge in [0.25, 0.3) is 0 Å². The van der Waals surface area contributed by atoms with Crippen LogP contribution in [0, 0.1) is 20.8 Å². The largest absolute Gasteiger partial charge is 0.350 e. The fourth-order valence-electron chi connectivity index (χ4n) is 3.07. The van der Waals surface area contributed by atoms with E-state index in [1.807, 2.05) is 31.9 Å². The Kier molecular flexibility index (Phi) is 6.58. The first-order valence-electron chi connectivity index (χ1n) is 9.56. The summed E-state index contributed by atoms with van der Waals surface area (Å²) in [6.45, 7) is 14.7. The third-order valence-corrected chi connectivity index (χ3v) is 4.57. The molecule has 1 amide bonds. The minimum absolute atomic E-state index is 0.0524. The molecule has 2 rings (SSSR count). The second-order valence-corrected chi connectivity index (χ2v) is 8.00. The van der Waals surface area contributed by atoms with Crippen molar-refractivity contribution in [3.8, 4) is 0 Å². The molecule has 1 N–H and O–H groups in total. The number of aryl methyl sites for hydroxylation is 3. The normalized spacial score (nSPS) is 11.2. The maximum atomic E-state index is 12.6. The highest BCUT2D eigenvalue weighted by atomic mass is 16.2. The van der Waals surface area contributed by atoms with Crippen molar-refractivity contribution in [1.82, 2.24) is 9.97 Å². The average molecular weight is 369 g/mol. The van der Waals surface area contributed by atoms with Crippen molar-refractivity contribution >= 4 is 17.4 Å². The summed E-state index contributed by atoms with van der Waals surface area (Å²) < 4.78 is 0. The summed E-state index contributed by atoms with van der Waals surface area (Å²) in [5.74, 6) is 2.09. The lowest BCUT2D eigenvalue weighted by Crippen LogP contribution is -2.31. The lowest BCUT2D eigenvalue weighted by atomic mass is 10.1. The molecule has 0 fully saturated rings. The summed E-state index contributed by atoms with van der Waals surface area (Å²) in [7, 11) is 1.89. The number of carbonyl (C=O) groups is 1. The number of aromatic nitrogens is 2. The van der Waals surface area contributed by atoms with Gasteiger partial charge in [0.2, 0.25) is 5.91 Å². The van der Waals surface area contributed by atoms with E-state index in [-0.39, 0.29) is 18.4 Å². The van der Waals surface area contributed by atoms with Crippen molar-refractivity contribution in [2.75, 3.05) is 23.8 Å². The first-order valence-corrected chi connectivity index (χ1v) is 9.56. The van der Waals surface area contributed by atoms with Crippen LogP contribution in [0.5, 0.6) is 0 Å². The van der Waals surface area contributed by atoms with Crippen molar-refractivity contribution in [2.24, 2.45) is 0 Å². The molecule has 0 aliphatic carbocycles. The molecule has 146 valence electrons. The number of benzene rings is 1. The second-order valence-electron chi connectivity index (χ2n) is 8.00. The molecule has 0 saturated heterocycles. The Morgan fingerprint density at radius 1 is 1.00 bits per heavy atom. The molecule has 1 aromatic carbocycles. The third-order valence-electron chi connectivity index (χ3n) is 4.57. The lowest BCUT2D eigenvalue weighted by molar-refractivity contribution is -0.114. The van der Waals surface area contributed by atoms with Crippen LogP contribution in [-0.4, -0.2) is 29.5 Å². The zero-order chi connectivity index (χ0) is 20.3. The van der Waals surface area contributed by atoms with E-state index in [4.69, 9.17) is 0 Å². The highest BCUT2D eigenvalue weighted by Crippen LogP contribution is 2.23. The van der Waals surface area contributed by atoms with Crippen molar-refractivity contribution < 1.29 is 4.79 Å². The van der Waals surface area contributed by atoms with Crippen LogP contribution in [0.1, 0.15) is 67.7 Å². The highest BCUT2D eigenvalue weighted by molar-refractivity contribution is 5.95. The number of carbonyl (C=O) groups excluding carboxylic acids is 1. The first-order chi connectivity index (χ1) is 12.6. The van der Waals surface area contributed by atoms with E-state index in [0.29, 0.717) is 5.92 Å². The van der Waals surface area contributed by atoms with Crippen LogP contribution in [0.3, 0.4) is 0 Å². The van der Waals surface area contributed by atoms with Crippen LogP contribution >= 0.6 is 0 Å². The molecule has 1 heterocycles. The molecule has 0 bridgehead atoms. The van der Waals surface area contributed by atoms with E-state index in [2.05, 4.69) is 62.0 Å². The second kappa shape index (κ2) is 8.51. The molecule has 0 saturated carbocycles. The number of hydrogen-bond acceptors (Lipinski definition) is 4. The van der Waals surface area contributed by atoms with Crippen LogP contribution in [0.15, 0.2) is 18.2 Å². The van der Waals surface area contributed by atoms with E-state index < -0.39 is 0 Å². The summed E-state index contributed by atoms with van der Waals surface area (Å²) >= 11 is 0. The monoisotopic (exact) mass is 368 g/mol. The van der Waals surface area contributed by atoms with Crippen molar-refractivity contribution in [1.29, 1.82) is 0 Å². The van der Waals surface area contributed by atoms with Gasteiger partial charge < -0.3 is 10.2 Å². The molecule has 0 spiro atoms. The zero-order valence-electron chi connectivity index (χ0n) is 17.8. The molecule has 5 heteroatoms. The predicted molar refractivity (Wildman–Crippen MR) is 113 cm³/mol. The van der Waals surface area contributed by atoms with E-state index >= 15 is 0 Å². The Hall–Kier alpha value is -2.43. The smallest absolute Gasteiger partial charge is 0.243 e. The molecular formula is C22H32N4O. The summed E-state index contributed by atoms with van der Waals surface area (Å²) in [4.78, 5) is 23.8. The molecule has 0 aliphatic heterocycles. The molecule has 0 aliphatic rings. The van der Waals surface area contributed by atoms with Gasteiger partial charge in [0.1, 0.15) is 11.6 Å². The quantitative estimate of drug-likeness (QED) is 0.801. The molecule has 0 radical (unpaired) electrons. The van der Waals surface area contributed by atoms with E-state index in [9.17, 15) is 4.79 Å². The van der Waals surface area contributed by atoms with Crippen molar-refractivity contribution in [3.63, 3.8) is 0 Å². The number of nitrogens with one attached hydrogen (secondary N) is 1. The van der Waals surface area contributed by atoms with Crippen molar-refractivity contribution in [3.05, 3.63) is 46.4 Å². The lowest BCUT2D eigenvalue weighted by Gasteiger charge is -2.21. The first kappa shape index (κ1) is 20.9. The highest BCUT2D eigenvalue weighted by Gasteiger charge is 2.16. The van der Waals surface area contributed by atoms with E-state index in [1.165, 1.54) is 5.56 Å². The molecule has 1 aromatic heterocycles. The summed E-state index contributed by atoms with van der Waals surface area (Å²) in [5, 5.41) is 3.06. The number of hydrogen-bond donors (Lipinski definition) is 1. The number of amides is 1. The van der Waals surface area contributed by atoms with Crippen LogP contribution in [0.4, 0.5) is 11.5 Å². The maximum Gasteiger partial charge on any atom is 0.243 e. The van der Waals surface area contributed by atoms with Gasteiger partial charge in [-0.25, -0.2) is 9.97 Å². The van der Waals surface area contributed by atoms with Gasteiger partial charge in [0.05, 0.1) is 6.54 Å². The molecule has 0 atom stereocenters. The molecule has 2 aromatic rings. The van der Waals surface area contributed by atoms with E-state index in [1.54, 1.807) is 0 Å². The van der Waals surface area contributed by atoms with Gasteiger partial charge in [-0.1, -0.05) is 45.4 Å². The number of rotatable bonds is 6. The van der Waals surface area contributed by atoms with Crippen LogP contribution in [0.25, 0.3) is 0 Å².